The lowest BCUT2D eigenvalue weighted by molar-refractivity contribution is 0.881. The monoisotopic (exact) mass is 338 g/mol. The Hall–Kier alpha value is -3.08. The molecule has 1 heterocycles. The summed E-state index contributed by atoms with van der Waals surface area (Å²) in [5, 5.41) is 33.8. The van der Waals surface area contributed by atoms with Crippen molar-refractivity contribution in [1.29, 1.82) is 15.8 Å². The molecule has 2 aromatic rings. The van der Waals surface area contributed by atoms with Crippen LogP contribution in [0.3, 0.4) is 0 Å². The Balaban J connectivity index is 2.48. The number of aromatic nitrogens is 2. The van der Waals surface area contributed by atoms with Crippen molar-refractivity contribution in [1.82, 2.24) is 9.78 Å². The molecular weight excluding hydrogens is 332 g/mol. The fourth-order valence-corrected chi connectivity index (χ4v) is 1.92. The minimum absolute atomic E-state index is 0.0985. The summed E-state index contributed by atoms with van der Waals surface area (Å²) in [5.74, 6) is 0. The van der Waals surface area contributed by atoms with Crippen LogP contribution in [0.25, 0.3) is 5.69 Å². The third-order valence-electron chi connectivity index (χ3n) is 2.55. The molecular formula is C14H7BrN6. The Labute approximate surface area is 129 Å². The SMILES string of the molecule is N#CC(C#N)=C(C#N)Nc1ccccc1-n1cc(Br)cn1. The summed E-state index contributed by atoms with van der Waals surface area (Å²) in [6, 6.07) is 12.3. The first-order valence-electron chi connectivity index (χ1n) is 5.70. The van der Waals surface area contributed by atoms with Gasteiger partial charge in [-0.2, -0.15) is 20.9 Å². The van der Waals surface area contributed by atoms with Gasteiger partial charge in [0.25, 0.3) is 0 Å². The summed E-state index contributed by atoms with van der Waals surface area (Å²) < 4.78 is 2.42. The fraction of sp³-hybridized carbons (Fsp3) is 0. The number of hydrogen-bond donors (Lipinski definition) is 1. The number of rotatable bonds is 3. The molecule has 7 heteroatoms. The minimum Gasteiger partial charge on any atom is -0.343 e. The van der Waals surface area contributed by atoms with Crippen molar-refractivity contribution in [2.75, 3.05) is 5.32 Å². The second-order valence-corrected chi connectivity index (χ2v) is 4.75. The first-order chi connectivity index (χ1) is 10.2. The fourth-order valence-electron chi connectivity index (χ4n) is 1.63. The van der Waals surface area contributed by atoms with Crippen LogP contribution in [0, 0.1) is 34.0 Å². The molecule has 0 spiro atoms. The van der Waals surface area contributed by atoms with E-state index in [0.29, 0.717) is 11.4 Å². The van der Waals surface area contributed by atoms with Gasteiger partial charge in [-0.25, -0.2) is 4.68 Å². The first-order valence-corrected chi connectivity index (χ1v) is 6.50. The number of benzene rings is 1. The van der Waals surface area contributed by atoms with Gasteiger partial charge in [0.05, 0.1) is 22.0 Å². The highest BCUT2D eigenvalue weighted by atomic mass is 79.9. The van der Waals surface area contributed by atoms with E-state index in [2.05, 4.69) is 26.3 Å². The third kappa shape index (κ3) is 3.09. The molecule has 1 aromatic carbocycles. The van der Waals surface area contributed by atoms with Gasteiger partial charge in [-0.3, -0.25) is 0 Å². The van der Waals surface area contributed by atoms with Gasteiger partial charge < -0.3 is 5.32 Å². The molecule has 0 saturated carbocycles. The minimum atomic E-state index is -0.269. The van der Waals surface area contributed by atoms with E-state index in [1.807, 2.05) is 12.1 Å². The van der Waals surface area contributed by atoms with Gasteiger partial charge in [0, 0.05) is 6.20 Å². The number of nitrogens with one attached hydrogen (secondary N) is 1. The zero-order valence-corrected chi connectivity index (χ0v) is 12.2. The molecule has 0 fully saturated rings. The van der Waals surface area contributed by atoms with Crippen molar-refractivity contribution < 1.29 is 0 Å². The number of nitrogens with zero attached hydrogens (tertiary/aromatic N) is 5. The zero-order chi connectivity index (χ0) is 15.2. The highest BCUT2D eigenvalue weighted by Gasteiger charge is 2.10. The zero-order valence-electron chi connectivity index (χ0n) is 10.6. The molecule has 0 bridgehead atoms. The summed E-state index contributed by atoms with van der Waals surface area (Å²) >= 11 is 3.31. The molecule has 0 amide bonds. The Bertz CT molecular complexity index is 812. The van der Waals surface area contributed by atoms with Crippen molar-refractivity contribution >= 4 is 21.6 Å². The molecule has 0 atom stereocenters. The number of hydrogen-bond acceptors (Lipinski definition) is 5. The largest absolute Gasteiger partial charge is 0.343 e. The van der Waals surface area contributed by atoms with Crippen LogP contribution in [-0.4, -0.2) is 9.78 Å². The Kier molecular flexibility index (Phi) is 4.36. The van der Waals surface area contributed by atoms with Crippen LogP contribution in [0.5, 0.6) is 0 Å². The van der Waals surface area contributed by atoms with E-state index in [0.717, 1.165) is 4.47 Å². The smallest absolute Gasteiger partial charge is 0.163 e. The predicted molar refractivity (Wildman–Crippen MR) is 78.8 cm³/mol. The van der Waals surface area contributed by atoms with Gasteiger partial charge in [0.15, 0.2) is 5.57 Å². The highest BCUT2D eigenvalue weighted by molar-refractivity contribution is 9.10. The summed E-state index contributed by atoms with van der Waals surface area (Å²) in [5.41, 5.74) is 0.881. The second kappa shape index (κ2) is 6.38. The number of para-hydroxylation sites is 2. The van der Waals surface area contributed by atoms with Gasteiger partial charge in [0.1, 0.15) is 23.9 Å². The van der Waals surface area contributed by atoms with Crippen molar-refractivity contribution in [3.8, 4) is 23.9 Å². The Morgan fingerprint density at radius 3 is 2.43 bits per heavy atom. The Morgan fingerprint density at radius 2 is 1.86 bits per heavy atom. The van der Waals surface area contributed by atoms with Gasteiger partial charge in [-0.15, -0.1) is 0 Å². The summed E-state index contributed by atoms with van der Waals surface area (Å²) in [4.78, 5) is 0. The maximum atomic E-state index is 9.08. The molecule has 100 valence electrons. The van der Waals surface area contributed by atoms with Crippen LogP contribution < -0.4 is 5.32 Å². The molecule has 0 unspecified atom stereocenters. The van der Waals surface area contributed by atoms with Crippen LogP contribution in [-0.2, 0) is 0 Å². The second-order valence-electron chi connectivity index (χ2n) is 3.83. The lowest BCUT2D eigenvalue weighted by Crippen LogP contribution is -2.05. The molecule has 0 radical (unpaired) electrons. The van der Waals surface area contributed by atoms with Crippen LogP contribution in [0.4, 0.5) is 5.69 Å². The number of halogens is 1. The quantitative estimate of drug-likeness (QED) is 0.867. The molecule has 0 aliphatic rings. The first kappa shape index (κ1) is 14.3. The van der Waals surface area contributed by atoms with E-state index < -0.39 is 0 Å². The van der Waals surface area contributed by atoms with Gasteiger partial charge in [0.2, 0.25) is 0 Å². The van der Waals surface area contributed by atoms with Crippen molar-refractivity contribution in [3.63, 3.8) is 0 Å². The number of allylic oxidation sites excluding steroid dienone is 2. The molecule has 2 rings (SSSR count). The predicted octanol–water partition coefficient (Wildman–Crippen LogP) is 2.87. The van der Waals surface area contributed by atoms with Crippen molar-refractivity contribution in [3.05, 3.63) is 52.4 Å². The van der Waals surface area contributed by atoms with E-state index >= 15 is 0 Å². The standard InChI is InChI=1S/C14H7BrN6/c15-11-8-19-21(9-11)14-4-2-1-3-12(14)20-13(7-18)10(5-16)6-17/h1-4,8-9,20H. The van der Waals surface area contributed by atoms with E-state index in [4.69, 9.17) is 15.8 Å². The molecule has 0 aliphatic heterocycles. The molecule has 0 aliphatic carbocycles. The molecule has 21 heavy (non-hydrogen) atoms. The number of anilines is 1. The van der Waals surface area contributed by atoms with E-state index in [1.165, 1.54) is 0 Å². The summed E-state index contributed by atoms with van der Waals surface area (Å²) in [7, 11) is 0. The lowest BCUT2D eigenvalue weighted by Gasteiger charge is -2.10. The molecule has 0 saturated heterocycles. The topological polar surface area (TPSA) is 101 Å². The molecule has 6 nitrogen and oxygen atoms in total. The summed E-state index contributed by atoms with van der Waals surface area (Å²) in [6.45, 7) is 0. The van der Waals surface area contributed by atoms with E-state index in [9.17, 15) is 0 Å². The average Bonchev–Trinajstić information content (AvgIpc) is 2.94. The lowest BCUT2D eigenvalue weighted by atomic mass is 10.2. The summed E-state index contributed by atoms with van der Waals surface area (Å²) in [6.07, 6.45) is 3.39. The Morgan fingerprint density at radius 1 is 1.14 bits per heavy atom. The van der Waals surface area contributed by atoms with E-state index in [-0.39, 0.29) is 11.3 Å². The van der Waals surface area contributed by atoms with Crippen molar-refractivity contribution in [2.45, 2.75) is 0 Å². The highest BCUT2D eigenvalue weighted by Crippen LogP contribution is 2.23. The normalized spacial score (nSPS) is 9.05. The average molecular weight is 339 g/mol. The maximum absolute atomic E-state index is 9.08. The third-order valence-corrected chi connectivity index (χ3v) is 2.96. The van der Waals surface area contributed by atoms with Crippen LogP contribution >= 0.6 is 15.9 Å². The molecule has 1 N–H and O–H groups in total. The van der Waals surface area contributed by atoms with E-state index in [1.54, 1.807) is 47.4 Å². The van der Waals surface area contributed by atoms with Gasteiger partial charge >= 0.3 is 0 Å². The maximum Gasteiger partial charge on any atom is 0.163 e. The molecule has 1 aromatic heterocycles. The number of nitriles is 3. The van der Waals surface area contributed by atoms with Crippen LogP contribution in [0.1, 0.15) is 0 Å². The van der Waals surface area contributed by atoms with Crippen LogP contribution in [0.2, 0.25) is 0 Å². The van der Waals surface area contributed by atoms with Crippen molar-refractivity contribution in [2.24, 2.45) is 0 Å². The van der Waals surface area contributed by atoms with Crippen LogP contribution in [0.15, 0.2) is 52.4 Å². The van der Waals surface area contributed by atoms with Gasteiger partial charge in [-0.05, 0) is 28.1 Å². The van der Waals surface area contributed by atoms with Gasteiger partial charge in [-0.1, -0.05) is 12.1 Å².